The molecule has 0 atom stereocenters. The van der Waals surface area contributed by atoms with E-state index < -0.39 is 0 Å². The molecule has 0 radical (unpaired) electrons. The highest BCUT2D eigenvalue weighted by atomic mass is 19.1. The van der Waals surface area contributed by atoms with Crippen molar-refractivity contribution in [3.8, 4) is 11.6 Å². The molecule has 0 unspecified atom stereocenters. The molecule has 1 saturated heterocycles. The first-order valence-electron chi connectivity index (χ1n) is 7.84. The molecule has 7 heteroatoms. The summed E-state index contributed by atoms with van der Waals surface area (Å²) in [6.45, 7) is 5.02. The van der Waals surface area contributed by atoms with E-state index in [0.717, 1.165) is 37.6 Å². The summed E-state index contributed by atoms with van der Waals surface area (Å²) >= 11 is 0. The number of hydrogen-bond acceptors (Lipinski definition) is 6. The van der Waals surface area contributed by atoms with Crippen molar-refractivity contribution in [3.05, 3.63) is 35.8 Å². The van der Waals surface area contributed by atoms with Crippen molar-refractivity contribution in [2.75, 3.05) is 50.2 Å². The second-order valence-electron chi connectivity index (χ2n) is 5.64. The summed E-state index contributed by atoms with van der Waals surface area (Å²) in [6.07, 6.45) is 0. The van der Waals surface area contributed by atoms with Crippen molar-refractivity contribution >= 4 is 11.6 Å². The molecule has 24 heavy (non-hydrogen) atoms. The van der Waals surface area contributed by atoms with Crippen LogP contribution in [0.25, 0.3) is 0 Å². The Hall–Kier alpha value is -2.57. The number of methoxy groups -OCH3 is 2. The number of nitrogens with zero attached hydrogens (tertiary/aromatic N) is 4. The van der Waals surface area contributed by atoms with Crippen molar-refractivity contribution in [3.63, 3.8) is 0 Å². The first-order chi connectivity index (χ1) is 11.6. The van der Waals surface area contributed by atoms with E-state index in [2.05, 4.69) is 19.8 Å². The average Bonchev–Trinajstić information content (AvgIpc) is 2.61. The minimum Gasteiger partial charge on any atom is -0.494 e. The maximum atomic E-state index is 13.4. The highest BCUT2D eigenvalue weighted by molar-refractivity contribution is 5.59. The summed E-state index contributed by atoms with van der Waals surface area (Å²) in [5, 5.41) is 0. The van der Waals surface area contributed by atoms with Crippen LogP contribution in [0.3, 0.4) is 0 Å². The molecule has 0 amide bonds. The van der Waals surface area contributed by atoms with E-state index in [-0.39, 0.29) is 5.82 Å². The smallest absolute Gasteiger partial charge is 0.228 e. The number of aromatic nitrogens is 2. The van der Waals surface area contributed by atoms with Gasteiger partial charge in [0.15, 0.2) is 0 Å². The topological polar surface area (TPSA) is 50.7 Å². The largest absolute Gasteiger partial charge is 0.494 e. The van der Waals surface area contributed by atoms with Gasteiger partial charge in [-0.1, -0.05) is 0 Å². The van der Waals surface area contributed by atoms with Crippen LogP contribution in [0, 0.1) is 12.7 Å². The molecule has 6 nitrogen and oxygen atoms in total. The van der Waals surface area contributed by atoms with E-state index in [9.17, 15) is 4.39 Å². The van der Waals surface area contributed by atoms with Crippen LogP contribution in [0.2, 0.25) is 0 Å². The Morgan fingerprint density at radius 2 is 1.67 bits per heavy atom. The quantitative estimate of drug-likeness (QED) is 0.856. The summed E-state index contributed by atoms with van der Waals surface area (Å²) < 4.78 is 23.9. The summed E-state index contributed by atoms with van der Waals surface area (Å²) in [6, 6.07) is 6.44. The first-order valence-corrected chi connectivity index (χ1v) is 7.84. The molecular formula is C17H21FN4O2. The zero-order valence-corrected chi connectivity index (χ0v) is 14.1. The van der Waals surface area contributed by atoms with E-state index >= 15 is 0 Å². The lowest BCUT2D eigenvalue weighted by atomic mass is 10.2. The number of halogens is 1. The van der Waals surface area contributed by atoms with Gasteiger partial charge in [0.1, 0.15) is 11.6 Å². The van der Waals surface area contributed by atoms with Gasteiger partial charge in [0, 0.05) is 44.0 Å². The third-order valence-electron chi connectivity index (χ3n) is 4.07. The summed E-state index contributed by atoms with van der Waals surface area (Å²) in [5.74, 6) is 1.50. The highest BCUT2D eigenvalue weighted by Crippen LogP contribution is 2.30. The molecule has 1 aliphatic heterocycles. The lowest BCUT2D eigenvalue weighted by molar-refractivity contribution is 0.395. The Kier molecular flexibility index (Phi) is 4.69. The SMILES string of the molecule is COc1cc(C)nc(N2CCN(c3ccc(F)cc3OC)CC2)n1. The van der Waals surface area contributed by atoms with Crippen LogP contribution in [-0.2, 0) is 0 Å². The summed E-state index contributed by atoms with van der Waals surface area (Å²) in [5.41, 5.74) is 1.78. The van der Waals surface area contributed by atoms with Gasteiger partial charge in [-0.05, 0) is 19.1 Å². The number of benzene rings is 1. The predicted octanol–water partition coefficient (Wildman–Crippen LogP) is 2.27. The van der Waals surface area contributed by atoms with Gasteiger partial charge >= 0.3 is 0 Å². The molecular weight excluding hydrogens is 311 g/mol. The molecule has 1 aromatic carbocycles. The van der Waals surface area contributed by atoms with Crippen molar-refractivity contribution < 1.29 is 13.9 Å². The normalized spacial score (nSPS) is 14.7. The van der Waals surface area contributed by atoms with Crippen molar-refractivity contribution in [2.24, 2.45) is 0 Å². The minimum atomic E-state index is -0.297. The minimum absolute atomic E-state index is 0.297. The monoisotopic (exact) mass is 332 g/mol. The van der Waals surface area contributed by atoms with Crippen LogP contribution in [-0.4, -0.2) is 50.4 Å². The fourth-order valence-electron chi connectivity index (χ4n) is 2.83. The van der Waals surface area contributed by atoms with Gasteiger partial charge in [-0.25, -0.2) is 9.37 Å². The Bertz CT molecular complexity index is 718. The second-order valence-corrected chi connectivity index (χ2v) is 5.64. The highest BCUT2D eigenvalue weighted by Gasteiger charge is 2.22. The molecule has 3 rings (SSSR count). The van der Waals surface area contributed by atoms with Gasteiger partial charge in [0.05, 0.1) is 19.9 Å². The average molecular weight is 332 g/mol. The van der Waals surface area contributed by atoms with Gasteiger partial charge < -0.3 is 19.3 Å². The van der Waals surface area contributed by atoms with Gasteiger partial charge in [-0.2, -0.15) is 4.98 Å². The maximum Gasteiger partial charge on any atom is 0.228 e. The molecule has 0 N–H and O–H groups in total. The molecule has 1 fully saturated rings. The zero-order valence-electron chi connectivity index (χ0n) is 14.1. The molecule has 0 bridgehead atoms. The molecule has 1 aliphatic rings. The van der Waals surface area contributed by atoms with E-state index in [1.54, 1.807) is 20.3 Å². The van der Waals surface area contributed by atoms with E-state index in [1.807, 2.05) is 13.0 Å². The Morgan fingerprint density at radius 3 is 2.33 bits per heavy atom. The van der Waals surface area contributed by atoms with Crippen LogP contribution in [0.5, 0.6) is 11.6 Å². The lowest BCUT2D eigenvalue weighted by Crippen LogP contribution is -2.47. The van der Waals surface area contributed by atoms with Crippen LogP contribution in [0.15, 0.2) is 24.3 Å². The lowest BCUT2D eigenvalue weighted by Gasteiger charge is -2.36. The van der Waals surface area contributed by atoms with E-state index in [4.69, 9.17) is 9.47 Å². The number of piperazine rings is 1. The van der Waals surface area contributed by atoms with Gasteiger partial charge in [0.2, 0.25) is 11.8 Å². The van der Waals surface area contributed by atoms with Crippen LogP contribution >= 0.6 is 0 Å². The second kappa shape index (κ2) is 6.90. The van der Waals surface area contributed by atoms with E-state index in [1.165, 1.54) is 12.1 Å². The Balaban J connectivity index is 1.73. The van der Waals surface area contributed by atoms with Crippen LogP contribution < -0.4 is 19.3 Å². The van der Waals surface area contributed by atoms with Gasteiger partial charge in [-0.15, -0.1) is 0 Å². The number of rotatable bonds is 4. The third kappa shape index (κ3) is 3.34. The molecule has 2 heterocycles. The van der Waals surface area contributed by atoms with Crippen molar-refractivity contribution in [2.45, 2.75) is 6.92 Å². The molecule has 1 aromatic heterocycles. The molecule has 0 saturated carbocycles. The van der Waals surface area contributed by atoms with Gasteiger partial charge in [-0.3, -0.25) is 0 Å². The van der Waals surface area contributed by atoms with Crippen LogP contribution in [0.1, 0.15) is 5.69 Å². The fourth-order valence-corrected chi connectivity index (χ4v) is 2.83. The zero-order chi connectivity index (χ0) is 17.1. The molecule has 0 spiro atoms. The van der Waals surface area contributed by atoms with Crippen LogP contribution in [0.4, 0.5) is 16.0 Å². The van der Waals surface area contributed by atoms with Gasteiger partial charge in [0.25, 0.3) is 0 Å². The Labute approximate surface area is 140 Å². The number of ether oxygens (including phenoxy) is 2. The number of anilines is 2. The summed E-state index contributed by atoms with van der Waals surface area (Å²) in [4.78, 5) is 13.2. The predicted molar refractivity (Wildman–Crippen MR) is 90.7 cm³/mol. The number of aryl methyl sites for hydroxylation is 1. The third-order valence-corrected chi connectivity index (χ3v) is 4.07. The molecule has 128 valence electrons. The van der Waals surface area contributed by atoms with Crippen molar-refractivity contribution in [1.82, 2.24) is 9.97 Å². The molecule has 2 aromatic rings. The van der Waals surface area contributed by atoms with E-state index in [0.29, 0.717) is 17.6 Å². The van der Waals surface area contributed by atoms with Crippen molar-refractivity contribution in [1.29, 1.82) is 0 Å². The molecule has 0 aliphatic carbocycles. The summed E-state index contributed by atoms with van der Waals surface area (Å²) in [7, 11) is 3.16. The fraction of sp³-hybridized carbons (Fsp3) is 0.412. The first kappa shape index (κ1) is 16.3. The Morgan fingerprint density at radius 1 is 0.958 bits per heavy atom. The standard InChI is InChI=1S/C17H21FN4O2/c1-12-10-16(24-3)20-17(19-12)22-8-6-21(7-9-22)14-5-4-13(18)11-15(14)23-2/h4-5,10-11H,6-9H2,1-3H3. The number of hydrogen-bond donors (Lipinski definition) is 0. The maximum absolute atomic E-state index is 13.4.